The number of aliphatic hydroxyl groups is 1. The van der Waals surface area contributed by atoms with Gasteiger partial charge in [0.25, 0.3) is 15.9 Å². The Morgan fingerprint density at radius 2 is 1.68 bits per heavy atom. The molecule has 216 valence electrons. The summed E-state index contributed by atoms with van der Waals surface area (Å²) in [5.74, 6) is -2.36. The highest BCUT2D eigenvalue weighted by atomic mass is 32.2. The number of aryl methyl sites for hydroxylation is 1. The fourth-order valence-electron chi connectivity index (χ4n) is 4.17. The summed E-state index contributed by atoms with van der Waals surface area (Å²) in [6.45, 7) is 2.56. The maximum atomic E-state index is 13.8. The Morgan fingerprint density at radius 3 is 2.39 bits per heavy atom. The first kappa shape index (κ1) is 29.8. The molecule has 41 heavy (non-hydrogen) atoms. The van der Waals surface area contributed by atoms with Gasteiger partial charge in [-0.15, -0.1) is 0 Å². The van der Waals surface area contributed by atoms with E-state index < -0.39 is 45.7 Å². The zero-order valence-electron chi connectivity index (χ0n) is 22.2. The molecule has 1 amide bonds. The minimum absolute atomic E-state index is 0.0244. The van der Waals surface area contributed by atoms with E-state index in [1.54, 1.807) is 18.2 Å². The van der Waals surface area contributed by atoms with Crippen LogP contribution < -0.4 is 15.4 Å². The van der Waals surface area contributed by atoms with Crippen LogP contribution in [0.25, 0.3) is 0 Å². The van der Waals surface area contributed by atoms with Crippen molar-refractivity contribution in [3.63, 3.8) is 0 Å². The van der Waals surface area contributed by atoms with Gasteiger partial charge in [0, 0.05) is 19.2 Å². The van der Waals surface area contributed by atoms with Gasteiger partial charge >= 0.3 is 6.01 Å². The van der Waals surface area contributed by atoms with Crippen LogP contribution in [0.15, 0.2) is 88.4 Å². The molecule has 0 radical (unpaired) electrons. The monoisotopic (exact) mass is 584 g/mol. The van der Waals surface area contributed by atoms with Gasteiger partial charge in [0.15, 0.2) is 5.69 Å². The Hall–Kier alpha value is -4.13. The lowest BCUT2D eigenvalue weighted by Crippen LogP contribution is -2.48. The van der Waals surface area contributed by atoms with E-state index in [1.165, 1.54) is 17.7 Å². The van der Waals surface area contributed by atoms with Crippen molar-refractivity contribution in [3.05, 3.63) is 113 Å². The number of amides is 1. The van der Waals surface area contributed by atoms with Crippen molar-refractivity contribution >= 4 is 21.9 Å². The number of nitrogens with one attached hydrogen (secondary N) is 3. The number of carbonyl (C=O) groups excluding carboxylic acids is 1. The van der Waals surface area contributed by atoms with E-state index in [1.807, 2.05) is 24.3 Å². The van der Waals surface area contributed by atoms with Gasteiger partial charge < -0.3 is 20.2 Å². The largest absolute Gasteiger partial charge is 0.431 e. The summed E-state index contributed by atoms with van der Waals surface area (Å²) in [5, 5.41) is 16.7. The van der Waals surface area contributed by atoms with Crippen LogP contribution in [0.3, 0.4) is 0 Å². The molecular formula is C29H30F2N4O5S. The number of carbonyl (C=O) groups is 1. The first-order valence-corrected chi connectivity index (χ1v) is 14.4. The zero-order valence-corrected chi connectivity index (χ0v) is 23.0. The molecule has 0 spiro atoms. The van der Waals surface area contributed by atoms with E-state index in [0.717, 1.165) is 36.4 Å². The van der Waals surface area contributed by atoms with Gasteiger partial charge in [0.2, 0.25) is 0 Å². The number of aromatic nitrogens is 1. The third-order valence-corrected chi connectivity index (χ3v) is 7.59. The topological polar surface area (TPSA) is 134 Å². The lowest BCUT2D eigenvalue weighted by molar-refractivity contribution is 0.0825. The summed E-state index contributed by atoms with van der Waals surface area (Å²) in [5.41, 5.74) is 2.14. The van der Waals surface area contributed by atoms with Gasteiger partial charge in [0.05, 0.1) is 17.0 Å². The summed E-state index contributed by atoms with van der Waals surface area (Å²) >= 11 is 0. The highest BCUT2D eigenvalue weighted by Gasteiger charge is 2.25. The molecule has 4 N–H and O–H groups in total. The molecule has 0 aliphatic heterocycles. The predicted octanol–water partition coefficient (Wildman–Crippen LogP) is 3.81. The van der Waals surface area contributed by atoms with Crippen molar-refractivity contribution in [3.8, 4) is 0 Å². The minimum atomic E-state index is -4.01. The second-order valence-electron chi connectivity index (χ2n) is 9.39. The number of nitrogens with zero attached hydrogens (tertiary/aromatic N) is 1. The van der Waals surface area contributed by atoms with Crippen molar-refractivity contribution in [2.75, 3.05) is 11.3 Å². The van der Waals surface area contributed by atoms with Crippen LogP contribution in [0, 0.1) is 11.6 Å². The molecule has 0 unspecified atom stereocenters. The van der Waals surface area contributed by atoms with Gasteiger partial charge in [-0.1, -0.05) is 49.4 Å². The fourth-order valence-corrected chi connectivity index (χ4v) is 5.13. The highest BCUT2D eigenvalue weighted by molar-refractivity contribution is 7.92. The van der Waals surface area contributed by atoms with Crippen LogP contribution in [0.4, 0.5) is 14.8 Å². The Bertz CT molecular complexity index is 1560. The average molecular weight is 585 g/mol. The van der Waals surface area contributed by atoms with Crippen LogP contribution in [0.5, 0.6) is 0 Å². The quantitative estimate of drug-likeness (QED) is 0.188. The van der Waals surface area contributed by atoms with Crippen LogP contribution >= 0.6 is 0 Å². The minimum Gasteiger partial charge on any atom is -0.431 e. The molecule has 0 aliphatic carbocycles. The highest BCUT2D eigenvalue weighted by Crippen LogP contribution is 2.17. The van der Waals surface area contributed by atoms with Crippen molar-refractivity contribution in [2.45, 2.75) is 43.4 Å². The molecule has 0 fully saturated rings. The van der Waals surface area contributed by atoms with Crippen LogP contribution in [0.2, 0.25) is 0 Å². The van der Waals surface area contributed by atoms with E-state index in [0.29, 0.717) is 6.54 Å². The zero-order chi connectivity index (χ0) is 29.4. The molecular weight excluding hydrogens is 554 g/mol. The van der Waals surface area contributed by atoms with Crippen LogP contribution in [0.1, 0.15) is 34.1 Å². The number of halogens is 2. The van der Waals surface area contributed by atoms with Gasteiger partial charge in [-0.2, -0.15) is 4.98 Å². The Kier molecular flexibility index (Phi) is 9.82. The number of rotatable bonds is 13. The number of hydrogen-bond acceptors (Lipinski definition) is 7. The molecule has 2 atom stereocenters. The number of anilines is 1. The molecule has 4 rings (SSSR count). The molecule has 0 aliphatic rings. The Morgan fingerprint density at radius 1 is 0.976 bits per heavy atom. The molecule has 1 aromatic heterocycles. The molecule has 0 saturated heterocycles. The van der Waals surface area contributed by atoms with Gasteiger partial charge in [-0.05, 0) is 53.8 Å². The lowest BCUT2D eigenvalue weighted by atomic mass is 10.00. The number of oxazole rings is 1. The van der Waals surface area contributed by atoms with Crippen LogP contribution in [-0.2, 0) is 29.4 Å². The second-order valence-corrected chi connectivity index (χ2v) is 11.1. The summed E-state index contributed by atoms with van der Waals surface area (Å²) in [6, 6.07) is 17.0. The smallest absolute Gasteiger partial charge is 0.309 e. The molecule has 1 heterocycles. The standard InChI is InChI=1S/C29H30F2N4O5S/c1-2-19-7-6-8-20(11-19)16-32-17-27(36)25(14-21-12-22(30)15-23(31)13-21)33-28(37)26-18-40-29(34-26)35-41(38,39)24-9-4-3-5-10-24/h3-13,15,18,25,27,32,36H,2,14,16-17H2,1H3,(H,33,37)(H,34,35)/t25-,27-/m0/s1. The van der Waals surface area contributed by atoms with Gasteiger partial charge in [0.1, 0.15) is 17.9 Å². The summed E-state index contributed by atoms with van der Waals surface area (Å²) < 4.78 is 60.0. The first-order valence-electron chi connectivity index (χ1n) is 12.9. The number of benzene rings is 3. The van der Waals surface area contributed by atoms with E-state index in [2.05, 4.69) is 27.3 Å². The lowest BCUT2D eigenvalue weighted by Gasteiger charge is -2.24. The number of sulfonamides is 1. The summed E-state index contributed by atoms with van der Waals surface area (Å²) in [4.78, 5) is 16.9. The van der Waals surface area contributed by atoms with Crippen molar-refractivity contribution < 1.29 is 31.5 Å². The van der Waals surface area contributed by atoms with E-state index in [9.17, 15) is 27.1 Å². The predicted molar refractivity (Wildman–Crippen MR) is 149 cm³/mol. The third-order valence-electron chi connectivity index (χ3n) is 6.25. The summed E-state index contributed by atoms with van der Waals surface area (Å²) in [7, 11) is -4.01. The second kappa shape index (κ2) is 13.5. The average Bonchev–Trinajstić information content (AvgIpc) is 3.40. The van der Waals surface area contributed by atoms with E-state index in [4.69, 9.17) is 4.42 Å². The summed E-state index contributed by atoms with van der Waals surface area (Å²) in [6.07, 6.45) is 0.580. The van der Waals surface area contributed by atoms with E-state index in [-0.39, 0.29) is 29.1 Å². The first-order chi connectivity index (χ1) is 19.6. The Balaban J connectivity index is 1.45. The molecule has 3 aromatic carbocycles. The molecule has 9 nitrogen and oxygen atoms in total. The van der Waals surface area contributed by atoms with Crippen molar-refractivity contribution in [1.29, 1.82) is 0 Å². The van der Waals surface area contributed by atoms with Gasteiger partial charge in [-0.3, -0.25) is 4.79 Å². The molecule has 0 bridgehead atoms. The number of aliphatic hydroxyl groups excluding tert-OH is 1. The number of hydrogen-bond donors (Lipinski definition) is 4. The molecule has 0 saturated carbocycles. The van der Waals surface area contributed by atoms with E-state index >= 15 is 0 Å². The maximum absolute atomic E-state index is 13.8. The molecule has 4 aromatic rings. The van der Waals surface area contributed by atoms with Crippen molar-refractivity contribution in [2.24, 2.45) is 0 Å². The maximum Gasteiger partial charge on any atom is 0.309 e. The Labute approximate surface area is 236 Å². The SMILES string of the molecule is CCc1cccc(CNC[C@H](O)[C@H](Cc2cc(F)cc(F)c2)NC(=O)c2coc(NS(=O)(=O)c3ccccc3)n2)c1. The molecule has 12 heteroatoms. The normalized spacial score (nSPS) is 13.0. The van der Waals surface area contributed by atoms with Crippen molar-refractivity contribution in [1.82, 2.24) is 15.6 Å². The van der Waals surface area contributed by atoms with Crippen LogP contribution in [-0.4, -0.2) is 43.1 Å². The van der Waals surface area contributed by atoms with Gasteiger partial charge in [-0.25, -0.2) is 21.9 Å². The third kappa shape index (κ3) is 8.43. The fraction of sp³-hybridized carbons (Fsp3) is 0.241.